The third-order valence-electron chi connectivity index (χ3n) is 2.95. The van der Waals surface area contributed by atoms with E-state index < -0.39 is 0 Å². The van der Waals surface area contributed by atoms with Crippen LogP contribution in [-0.2, 0) is 13.0 Å². The van der Waals surface area contributed by atoms with Crippen LogP contribution in [0.1, 0.15) is 12.6 Å². The number of fused-ring (bicyclic) bond motifs is 3. The van der Waals surface area contributed by atoms with E-state index in [4.69, 9.17) is 0 Å². The van der Waals surface area contributed by atoms with Crippen molar-refractivity contribution in [3.8, 4) is 0 Å². The second-order valence-electron chi connectivity index (χ2n) is 4.11. The fourth-order valence-corrected chi connectivity index (χ4v) is 2.39. The molecule has 0 amide bonds. The summed E-state index contributed by atoms with van der Waals surface area (Å²) in [4.78, 5) is 0. The van der Waals surface area contributed by atoms with Crippen LogP contribution in [0.3, 0.4) is 0 Å². The fourth-order valence-electron chi connectivity index (χ4n) is 2.39. The van der Waals surface area contributed by atoms with E-state index in [1.807, 2.05) is 0 Å². The zero-order valence-electron chi connectivity index (χ0n) is 7.83. The first-order valence-corrected chi connectivity index (χ1v) is 4.92. The maximum absolute atomic E-state index is 2.46. The molecule has 1 unspecified atom stereocenters. The first kappa shape index (κ1) is 7.19. The van der Waals surface area contributed by atoms with Gasteiger partial charge in [-0.2, -0.15) is 0 Å². The SMILES string of the molecule is CC1Cc2cc3ccccc3n2C1. The highest BCUT2D eigenvalue weighted by Gasteiger charge is 2.19. The minimum atomic E-state index is 0.819. The van der Waals surface area contributed by atoms with Crippen LogP contribution in [0.5, 0.6) is 0 Å². The molecule has 66 valence electrons. The van der Waals surface area contributed by atoms with Crippen molar-refractivity contribution < 1.29 is 0 Å². The maximum atomic E-state index is 2.46. The lowest BCUT2D eigenvalue weighted by Gasteiger charge is -2.01. The predicted octanol–water partition coefficient (Wildman–Crippen LogP) is 2.83. The van der Waals surface area contributed by atoms with E-state index in [2.05, 4.69) is 41.8 Å². The van der Waals surface area contributed by atoms with Crippen LogP contribution in [0, 0.1) is 5.92 Å². The van der Waals surface area contributed by atoms with Crippen LogP contribution in [0.15, 0.2) is 30.3 Å². The molecule has 1 heteroatoms. The zero-order valence-corrected chi connectivity index (χ0v) is 7.83. The van der Waals surface area contributed by atoms with Crippen molar-refractivity contribution in [1.29, 1.82) is 0 Å². The molecule has 1 nitrogen and oxygen atoms in total. The standard InChI is InChI=1S/C12H13N/c1-9-6-11-7-10-4-2-3-5-12(10)13(11)8-9/h2-5,7,9H,6,8H2,1H3. The summed E-state index contributed by atoms with van der Waals surface area (Å²) >= 11 is 0. The van der Waals surface area contributed by atoms with Gasteiger partial charge < -0.3 is 4.57 Å². The number of hydrogen-bond donors (Lipinski definition) is 0. The van der Waals surface area contributed by atoms with E-state index >= 15 is 0 Å². The van der Waals surface area contributed by atoms with Crippen molar-refractivity contribution >= 4 is 10.9 Å². The molecule has 0 bridgehead atoms. The van der Waals surface area contributed by atoms with Gasteiger partial charge in [-0.1, -0.05) is 25.1 Å². The lowest BCUT2D eigenvalue weighted by Crippen LogP contribution is -1.96. The van der Waals surface area contributed by atoms with Gasteiger partial charge in [-0.25, -0.2) is 0 Å². The molecule has 2 heterocycles. The van der Waals surface area contributed by atoms with Gasteiger partial charge >= 0.3 is 0 Å². The van der Waals surface area contributed by atoms with E-state index in [9.17, 15) is 0 Å². The quantitative estimate of drug-likeness (QED) is 0.574. The largest absolute Gasteiger partial charge is 0.344 e. The lowest BCUT2D eigenvalue weighted by molar-refractivity contribution is 0.571. The first-order chi connectivity index (χ1) is 6.34. The van der Waals surface area contributed by atoms with Gasteiger partial charge in [0.15, 0.2) is 0 Å². The van der Waals surface area contributed by atoms with Gasteiger partial charge in [0.2, 0.25) is 0 Å². The van der Waals surface area contributed by atoms with Crippen LogP contribution in [0.25, 0.3) is 10.9 Å². The molecule has 0 saturated heterocycles. The number of para-hydroxylation sites is 1. The van der Waals surface area contributed by atoms with Crippen molar-refractivity contribution in [2.75, 3.05) is 0 Å². The molecule has 0 radical (unpaired) electrons. The number of aromatic nitrogens is 1. The monoisotopic (exact) mass is 171 g/mol. The fraction of sp³-hybridized carbons (Fsp3) is 0.333. The third-order valence-corrected chi connectivity index (χ3v) is 2.95. The van der Waals surface area contributed by atoms with Gasteiger partial charge in [0, 0.05) is 17.8 Å². The van der Waals surface area contributed by atoms with Crippen LogP contribution in [0.2, 0.25) is 0 Å². The van der Waals surface area contributed by atoms with Gasteiger partial charge in [-0.05, 0) is 29.9 Å². The van der Waals surface area contributed by atoms with Crippen LogP contribution < -0.4 is 0 Å². The van der Waals surface area contributed by atoms with Gasteiger partial charge in [-0.3, -0.25) is 0 Å². The first-order valence-electron chi connectivity index (χ1n) is 4.92. The van der Waals surface area contributed by atoms with Gasteiger partial charge in [0.05, 0.1) is 0 Å². The number of nitrogens with zero attached hydrogens (tertiary/aromatic N) is 1. The molecule has 0 spiro atoms. The summed E-state index contributed by atoms with van der Waals surface area (Å²) in [6, 6.07) is 11.0. The molecule has 3 rings (SSSR count). The van der Waals surface area contributed by atoms with E-state index in [-0.39, 0.29) is 0 Å². The highest BCUT2D eigenvalue weighted by Crippen LogP contribution is 2.28. The van der Waals surface area contributed by atoms with Crippen molar-refractivity contribution in [3.05, 3.63) is 36.0 Å². The molecule has 0 N–H and O–H groups in total. The Balaban J connectivity index is 2.31. The predicted molar refractivity (Wildman–Crippen MR) is 54.8 cm³/mol. The summed E-state index contributed by atoms with van der Waals surface area (Å²) < 4.78 is 2.46. The average molecular weight is 171 g/mol. The molecule has 0 saturated carbocycles. The lowest BCUT2D eigenvalue weighted by atomic mass is 10.1. The second kappa shape index (κ2) is 2.38. The average Bonchev–Trinajstić information content (AvgIpc) is 2.60. The van der Waals surface area contributed by atoms with Gasteiger partial charge in [0.25, 0.3) is 0 Å². The third kappa shape index (κ3) is 0.932. The molecule has 1 atom stereocenters. The van der Waals surface area contributed by atoms with Crippen molar-refractivity contribution in [2.24, 2.45) is 5.92 Å². The van der Waals surface area contributed by atoms with Crippen molar-refractivity contribution in [1.82, 2.24) is 4.57 Å². The van der Waals surface area contributed by atoms with E-state index in [1.54, 1.807) is 0 Å². The van der Waals surface area contributed by atoms with E-state index in [0.717, 1.165) is 5.92 Å². The Bertz CT molecular complexity index is 453. The van der Waals surface area contributed by atoms with Gasteiger partial charge in [0.1, 0.15) is 0 Å². The molecule has 0 fully saturated rings. The minimum Gasteiger partial charge on any atom is -0.344 e. The Morgan fingerprint density at radius 1 is 1.31 bits per heavy atom. The number of benzene rings is 1. The molecule has 1 aliphatic rings. The summed E-state index contributed by atoms with van der Waals surface area (Å²) in [6.07, 6.45) is 1.24. The van der Waals surface area contributed by atoms with E-state index in [0.29, 0.717) is 0 Å². The van der Waals surface area contributed by atoms with Crippen molar-refractivity contribution in [2.45, 2.75) is 19.9 Å². The maximum Gasteiger partial charge on any atom is 0.0482 e. The topological polar surface area (TPSA) is 4.93 Å². The van der Waals surface area contributed by atoms with Crippen molar-refractivity contribution in [3.63, 3.8) is 0 Å². The Morgan fingerprint density at radius 2 is 2.15 bits per heavy atom. The molecular weight excluding hydrogens is 158 g/mol. The molecule has 2 aromatic rings. The number of hydrogen-bond acceptors (Lipinski definition) is 0. The molecular formula is C12H13N. The van der Waals surface area contributed by atoms with Crippen LogP contribution in [-0.4, -0.2) is 4.57 Å². The highest BCUT2D eigenvalue weighted by atomic mass is 15.0. The summed E-state index contributed by atoms with van der Waals surface area (Å²) in [5, 5.41) is 1.39. The molecule has 1 aromatic heterocycles. The Morgan fingerprint density at radius 3 is 3.08 bits per heavy atom. The summed E-state index contributed by atoms with van der Waals surface area (Å²) in [6.45, 7) is 3.52. The minimum absolute atomic E-state index is 0.819. The molecule has 0 aliphatic carbocycles. The van der Waals surface area contributed by atoms with Crippen LogP contribution in [0.4, 0.5) is 0 Å². The van der Waals surface area contributed by atoms with Gasteiger partial charge in [-0.15, -0.1) is 0 Å². The molecule has 13 heavy (non-hydrogen) atoms. The summed E-state index contributed by atoms with van der Waals surface area (Å²) in [7, 11) is 0. The normalized spacial score (nSPS) is 20.8. The Kier molecular flexibility index (Phi) is 1.32. The Labute approximate surface area is 78.0 Å². The molecule has 1 aromatic carbocycles. The number of rotatable bonds is 0. The van der Waals surface area contributed by atoms with E-state index in [1.165, 1.54) is 29.6 Å². The summed E-state index contributed by atoms with van der Waals surface area (Å²) in [5.74, 6) is 0.819. The van der Waals surface area contributed by atoms with Crippen LogP contribution >= 0.6 is 0 Å². The zero-order chi connectivity index (χ0) is 8.84. The second-order valence-corrected chi connectivity index (χ2v) is 4.11. The Hall–Kier alpha value is -1.24. The highest BCUT2D eigenvalue weighted by molar-refractivity contribution is 5.81. The molecule has 1 aliphatic heterocycles. The summed E-state index contributed by atoms with van der Waals surface area (Å²) in [5.41, 5.74) is 2.91. The smallest absolute Gasteiger partial charge is 0.0482 e.